The second-order valence-electron chi connectivity index (χ2n) is 5.45. The van der Waals surface area contributed by atoms with Gasteiger partial charge in [-0.3, -0.25) is 0 Å². The maximum atomic E-state index is 9.34. The number of nitrogens with zero attached hydrogens (tertiary/aromatic N) is 2. The van der Waals surface area contributed by atoms with E-state index in [9.17, 15) is 5.11 Å². The van der Waals surface area contributed by atoms with Crippen molar-refractivity contribution in [2.24, 2.45) is 7.05 Å². The van der Waals surface area contributed by atoms with E-state index in [1.54, 1.807) is 6.20 Å². The van der Waals surface area contributed by atoms with Crippen molar-refractivity contribution < 1.29 is 14.6 Å². The molecule has 2 atom stereocenters. The molecule has 1 aliphatic heterocycles. The summed E-state index contributed by atoms with van der Waals surface area (Å²) in [5.74, 6) is 0.109. The average molecular weight is 323 g/mol. The van der Waals surface area contributed by atoms with E-state index >= 15 is 0 Å². The Balaban J connectivity index is 1.84. The fraction of sp³-hybridized carbons (Fsp3) is 0.438. The molecule has 3 rings (SSSR count). The topological polar surface area (TPSA) is 56.5 Å². The third kappa shape index (κ3) is 3.03. The highest BCUT2D eigenvalue weighted by atomic mass is 35.5. The minimum Gasteiger partial charge on any atom is -0.394 e. The molecule has 0 spiro atoms. The number of benzene rings is 1. The van der Waals surface area contributed by atoms with E-state index in [0.29, 0.717) is 24.5 Å². The summed E-state index contributed by atoms with van der Waals surface area (Å²) in [4.78, 5) is 4.34. The Kier molecular flexibility index (Phi) is 4.49. The number of aliphatic hydroxyl groups is 1. The summed E-state index contributed by atoms with van der Waals surface area (Å²) < 4.78 is 13.9. The van der Waals surface area contributed by atoms with E-state index in [4.69, 9.17) is 21.1 Å². The Hall–Kier alpha value is -1.40. The van der Waals surface area contributed by atoms with Crippen molar-refractivity contribution in [3.05, 3.63) is 53.1 Å². The normalized spacial score (nSPS) is 24.8. The second kappa shape index (κ2) is 6.38. The molecule has 1 saturated heterocycles. The average Bonchev–Trinajstić information content (AvgIpc) is 3.13. The first-order valence-electron chi connectivity index (χ1n) is 7.28. The van der Waals surface area contributed by atoms with Gasteiger partial charge in [-0.05, 0) is 12.1 Å². The molecule has 6 heteroatoms. The minimum atomic E-state index is -0.857. The highest BCUT2D eigenvalue weighted by Gasteiger charge is 2.42. The quantitative estimate of drug-likeness (QED) is 0.917. The summed E-state index contributed by atoms with van der Waals surface area (Å²) >= 11 is 5.96. The zero-order valence-electron chi connectivity index (χ0n) is 12.4. The second-order valence-corrected chi connectivity index (χ2v) is 5.88. The molecular formula is C16H19ClN2O3. The van der Waals surface area contributed by atoms with Crippen LogP contribution >= 0.6 is 11.6 Å². The van der Waals surface area contributed by atoms with Crippen LogP contribution in [-0.4, -0.2) is 34.0 Å². The molecule has 2 heterocycles. The van der Waals surface area contributed by atoms with Gasteiger partial charge in [-0.25, -0.2) is 4.98 Å². The van der Waals surface area contributed by atoms with Crippen LogP contribution in [0, 0.1) is 0 Å². The van der Waals surface area contributed by atoms with Crippen LogP contribution in [0.25, 0.3) is 0 Å². The first kappa shape index (κ1) is 15.5. The van der Waals surface area contributed by atoms with Crippen LogP contribution in [0.1, 0.15) is 17.8 Å². The number of aliphatic hydroxyl groups excluding tert-OH is 1. The molecule has 1 aliphatic rings. The van der Waals surface area contributed by atoms with Crippen LogP contribution in [0.3, 0.4) is 0 Å². The van der Waals surface area contributed by atoms with Gasteiger partial charge in [0, 0.05) is 42.9 Å². The maximum Gasteiger partial charge on any atom is 0.195 e. The molecular weight excluding hydrogens is 304 g/mol. The number of hydrogen-bond donors (Lipinski definition) is 1. The lowest BCUT2D eigenvalue weighted by Crippen LogP contribution is -2.30. The predicted octanol–water partition coefficient (Wildman–Crippen LogP) is 2.27. The Labute approximate surface area is 134 Å². The van der Waals surface area contributed by atoms with Crippen LogP contribution in [-0.2, 0) is 28.7 Å². The van der Waals surface area contributed by atoms with E-state index in [-0.39, 0.29) is 12.7 Å². The van der Waals surface area contributed by atoms with Crippen molar-refractivity contribution in [3.63, 3.8) is 0 Å². The molecule has 0 aliphatic carbocycles. The number of aromatic nitrogens is 2. The first-order chi connectivity index (χ1) is 10.6. The van der Waals surface area contributed by atoms with Gasteiger partial charge in [-0.2, -0.15) is 0 Å². The SMILES string of the molecule is Cn1ccnc1CC[C@]1(c2ccc(Cl)cc2)OC[C@H](CO)O1. The van der Waals surface area contributed by atoms with Crippen molar-refractivity contribution in [2.75, 3.05) is 13.2 Å². The number of rotatable bonds is 5. The number of hydrogen-bond acceptors (Lipinski definition) is 4. The smallest absolute Gasteiger partial charge is 0.195 e. The Morgan fingerprint density at radius 2 is 2.18 bits per heavy atom. The van der Waals surface area contributed by atoms with Crippen LogP contribution < -0.4 is 0 Å². The van der Waals surface area contributed by atoms with Gasteiger partial charge >= 0.3 is 0 Å². The van der Waals surface area contributed by atoms with Gasteiger partial charge < -0.3 is 19.1 Å². The fourth-order valence-electron chi connectivity index (χ4n) is 2.70. The van der Waals surface area contributed by atoms with E-state index < -0.39 is 5.79 Å². The van der Waals surface area contributed by atoms with E-state index in [0.717, 1.165) is 11.4 Å². The van der Waals surface area contributed by atoms with Crippen molar-refractivity contribution in [3.8, 4) is 0 Å². The predicted molar refractivity (Wildman–Crippen MR) is 82.6 cm³/mol. The fourth-order valence-corrected chi connectivity index (χ4v) is 2.83. The molecule has 0 unspecified atom stereocenters. The van der Waals surface area contributed by atoms with E-state index in [1.807, 2.05) is 42.1 Å². The third-order valence-corrected chi connectivity index (χ3v) is 4.20. The Morgan fingerprint density at radius 3 is 2.77 bits per heavy atom. The molecule has 1 aromatic heterocycles. The number of aryl methyl sites for hydroxylation is 2. The van der Waals surface area contributed by atoms with Gasteiger partial charge in [0.1, 0.15) is 11.9 Å². The van der Waals surface area contributed by atoms with Crippen LogP contribution in [0.4, 0.5) is 0 Å². The summed E-state index contributed by atoms with van der Waals surface area (Å²) in [5, 5.41) is 10.0. The zero-order chi connectivity index (χ0) is 15.6. The monoisotopic (exact) mass is 322 g/mol. The van der Waals surface area contributed by atoms with Gasteiger partial charge in [0.15, 0.2) is 5.79 Å². The van der Waals surface area contributed by atoms with E-state index in [1.165, 1.54) is 0 Å². The molecule has 0 radical (unpaired) electrons. The summed E-state index contributed by atoms with van der Waals surface area (Å²) in [6.45, 7) is 0.317. The highest BCUT2D eigenvalue weighted by Crippen LogP contribution is 2.38. The number of imidazole rings is 1. The zero-order valence-corrected chi connectivity index (χ0v) is 13.2. The number of halogens is 1. The van der Waals surface area contributed by atoms with Gasteiger partial charge in [-0.1, -0.05) is 23.7 Å². The molecule has 1 aromatic carbocycles. The van der Waals surface area contributed by atoms with Crippen molar-refractivity contribution in [2.45, 2.75) is 24.7 Å². The number of ether oxygens (including phenoxy) is 2. The lowest BCUT2D eigenvalue weighted by atomic mass is 10.0. The minimum absolute atomic E-state index is 0.0578. The molecule has 22 heavy (non-hydrogen) atoms. The van der Waals surface area contributed by atoms with Crippen LogP contribution in [0.15, 0.2) is 36.7 Å². The summed E-state index contributed by atoms with van der Waals surface area (Å²) in [7, 11) is 1.96. The molecule has 1 N–H and O–H groups in total. The van der Waals surface area contributed by atoms with Crippen molar-refractivity contribution in [1.29, 1.82) is 0 Å². The third-order valence-electron chi connectivity index (χ3n) is 3.95. The lowest BCUT2D eigenvalue weighted by molar-refractivity contribution is -0.184. The summed E-state index contributed by atoms with van der Waals surface area (Å²) in [6.07, 6.45) is 4.71. The molecule has 5 nitrogen and oxygen atoms in total. The molecule has 0 saturated carbocycles. The summed E-state index contributed by atoms with van der Waals surface area (Å²) in [6, 6.07) is 7.44. The molecule has 0 amide bonds. The van der Waals surface area contributed by atoms with Crippen molar-refractivity contribution in [1.82, 2.24) is 9.55 Å². The highest BCUT2D eigenvalue weighted by molar-refractivity contribution is 6.30. The van der Waals surface area contributed by atoms with Crippen LogP contribution in [0.2, 0.25) is 5.02 Å². The summed E-state index contributed by atoms with van der Waals surface area (Å²) in [5.41, 5.74) is 0.905. The maximum absolute atomic E-state index is 9.34. The molecule has 2 aromatic rings. The molecule has 118 valence electrons. The molecule has 0 bridgehead atoms. The Morgan fingerprint density at radius 1 is 1.41 bits per heavy atom. The Bertz CT molecular complexity index is 629. The van der Waals surface area contributed by atoms with E-state index in [2.05, 4.69) is 4.98 Å². The van der Waals surface area contributed by atoms with Gasteiger partial charge in [-0.15, -0.1) is 0 Å². The van der Waals surface area contributed by atoms with Crippen LogP contribution in [0.5, 0.6) is 0 Å². The molecule has 1 fully saturated rings. The lowest BCUT2D eigenvalue weighted by Gasteiger charge is -2.28. The van der Waals surface area contributed by atoms with Gasteiger partial charge in [0.2, 0.25) is 0 Å². The first-order valence-corrected chi connectivity index (χ1v) is 7.65. The standard InChI is InChI=1S/C16H19ClN2O3/c1-19-9-8-18-15(19)6-7-16(21-11-14(10-20)22-16)12-2-4-13(17)5-3-12/h2-5,8-9,14,20H,6-7,10-11H2,1H3/t14-,16-/m0/s1. The van der Waals surface area contributed by atoms with Gasteiger partial charge in [0.05, 0.1) is 13.2 Å². The largest absolute Gasteiger partial charge is 0.394 e. The van der Waals surface area contributed by atoms with Gasteiger partial charge in [0.25, 0.3) is 0 Å². The van der Waals surface area contributed by atoms with Crippen molar-refractivity contribution >= 4 is 11.6 Å².